The van der Waals surface area contributed by atoms with Gasteiger partial charge in [0.05, 0.1) is 11.5 Å². The molecule has 1 saturated heterocycles. The van der Waals surface area contributed by atoms with E-state index in [2.05, 4.69) is 5.32 Å². The maximum absolute atomic E-state index is 12.1. The molecule has 0 aromatic rings. The van der Waals surface area contributed by atoms with Crippen LogP contribution in [0.5, 0.6) is 0 Å². The molecule has 2 aliphatic rings. The highest BCUT2D eigenvalue weighted by molar-refractivity contribution is 7.91. The highest BCUT2D eigenvalue weighted by Crippen LogP contribution is 2.25. The molecule has 1 aliphatic heterocycles. The smallest absolute Gasteiger partial charge is 0.152 e. The maximum Gasteiger partial charge on any atom is 0.152 e. The lowest BCUT2D eigenvalue weighted by atomic mass is 9.91. The Bertz CT molecular complexity index is 288. The maximum atomic E-state index is 12.1. The van der Waals surface area contributed by atoms with Crippen LogP contribution in [-0.2, 0) is 9.84 Å². The van der Waals surface area contributed by atoms with Crippen molar-refractivity contribution in [2.45, 2.75) is 57.4 Å². The van der Waals surface area contributed by atoms with E-state index >= 15 is 0 Å². The Morgan fingerprint density at radius 3 is 2.24 bits per heavy atom. The number of piperidine rings is 1. The molecule has 4 heteroatoms. The molecule has 0 aromatic carbocycles. The minimum absolute atomic E-state index is 0.220. The highest BCUT2D eigenvalue weighted by Gasteiger charge is 2.25. The fourth-order valence-corrected chi connectivity index (χ4v) is 5.24. The van der Waals surface area contributed by atoms with Crippen molar-refractivity contribution >= 4 is 9.84 Å². The van der Waals surface area contributed by atoms with Gasteiger partial charge in [0, 0.05) is 6.04 Å². The van der Waals surface area contributed by atoms with E-state index in [0.717, 1.165) is 25.8 Å². The van der Waals surface area contributed by atoms with Crippen LogP contribution in [0.2, 0.25) is 0 Å². The van der Waals surface area contributed by atoms with Gasteiger partial charge in [-0.05, 0) is 38.1 Å². The first kappa shape index (κ1) is 13.3. The zero-order valence-corrected chi connectivity index (χ0v) is 11.5. The fourth-order valence-electron chi connectivity index (χ4n) is 3.15. The molecule has 0 bridgehead atoms. The molecule has 1 heterocycles. The van der Waals surface area contributed by atoms with Crippen molar-refractivity contribution < 1.29 is 8.42 Å². The molecule has 0 spiro atoms. The molecule has 0 radical (unpaired) electrons. The Hall–Kier alpha value is -0.0900. The Morgan fingerprint density at radius 1 is 0.882 bits per heavy atom. The van der Waals surface area contributed by atoms with Crippen LogP contribution in [0.3, 0.4) is 0 Å². The van der Waals surface area contributed by atoms with E-state index in [9.17, 15) is 8.42 Å². The third-order valence-corrected chi connectivity index (χ3v) is 5.97. The van der Waals surface area contributed by atoms with Crippen molar-refractivity contribution in [3.05, 3.63) is 0 Å². The Balaban J connectivity index is 1.80. The Labute approximate surface area is 105 Å². The van der Waals surface area contributed by atoms with Crippen LogP contribution in [0.1, 0.15) is 51.4 Å². The van der Waals surface area contributed by atoms with Crippen molar-refractivity contribution in [3.63, 3.8) is 0 Å². The summed E-state index contributed by atoms with van der Waals surface area (Å²) in [5, 5.41) is 3.33. The molecular weight excluding hydrogens is 234 g/mol. The first-order valence-electron chi connectivity index (χ1n) is 7.09. The SMILES string of the molecule is O=S(=O)(CC1CCCCC1)CC1CCCCN1. The summed E-state index contributed by atoms with van der Waals surface area (Å²) in [6.07, 6.45) is 9.39. The van der Waals surface area contributed by atoms with Crippen molar-refractivity contribution in [1.29, 1.82) is 0 Å². The molecule has 0 aromatic heterocycles. The summed E-state index contributed by atoms with van der Waals surface area (Å²) in [4.78, 5) is 0. The van der Waals surface area contributed by atoms with Gasteiger partial charge in [0.2, 0.25) is 0 Å². The van der Waals surface area contributed by atoms with E-state index in [1.54, 1.807) is 0 Å². The minimum atomic E-state index is -2.84. The zero-order chi connectivity index (χ0) is 12.1. The van der Waals surface area contributed by atoms with Gasteiger partial charge in [-0.1, -0.05) is 25.7 Å². The summed E-state index contributed by atoms with van der Waals surface area (Å²) in [5.41, 5.74) is 0. The number of rotatable bonds is 4. The average Bonchev–Trinajstić information content (AvgIpc) is 2.30. The predicted molar refractivity (Wildman–Crippen MR) is 70.9 cm³/mol. The second-order valence-corrected chi connectivity index (χ2v) is 7.88. The van der Waals surface area contributed by atoms with Gasteiger partial charge in [0.15, 0.2) is 9.84 Å². The van der Waals surface area contributed by atoms with Crippen molar-refractivity contribution in [2.75, 3.05) is 18.1 Å². The molecule has 2 rings (SSSR count). The van der Waals surface area contributed by atoms with E-state index in [0.29, 0.717) is 17.4 Å². The molecule has 100 valence electrons. The van der Waals surface area contributed by atoms with E-state index in [1.807, 2.05) is 0 Å². The summed E-state index contributed by atoms with van der Waals surface area (Å²) in [6.45, 7) is 0.990. The number of hydrogen-bond acceptors (Lipinski definition) is 3. The molecule has 0 amide bonds. The summed E-state index contributed by atoms with van der Waals surface area (Å²) in [6, 6.07) is 0.220. The average molecular weight is 259 g/mol. The molecular formula is C13H25NO2S. The zero-order valence-electron chi connectivity index (χ0n) is 10.7. The highest BCUT2D eigenvalue weighted by atomic mass is 32.2. The van der Waals surface area contributed by atoms with Gasteiger partial charge in [0.1, 0.15) is 0 Å². The lowest BCUT2D eigenvalue weighted by Crippen LogP contribution is -2.40. The van der Waals surface area contributed by atoms with Gasteiger partial charge in [-0.25, -0.2) is 8.42 Å². The van der Waals surface area contributed by atoms with Crippen LogP contribution >= 0.6 is 0 Å². The second-order valence-electron chi connectivity index (χ2n) is 5.73. The van der Waals surface area contributed by atoms with Crippen LogP contribution in [-0.4, -0.2) is 32.5 Å². The lowest BCUT2D eigenvalue weighted by molar-refractivity contribution is 0.382. The van der Waals surface area contributed by atoms with Gasteiger partial charge in [-0.2, -0.15) is 0 Å². The third-order valence-electron chi connectivity index (χ3n) is 4.08. The van der Waals surface area contributed by atoms with Crippen molar-refractivity contribution in [3.8, 4) is 0 Å². The van der Waals surface area contributed by atoms with Gasteiger partial charge < -0.3 is 5.32 Å². The van der Waals surface area contributed by atoms with E-state index in [-0.39, 0.29) is 6.04 Å². The van der Waals surface area contributed by atoms with Crippen molar-refractivity contribution in [2.24, 2.45) is 5.92 Å². The molecule has 1 atom stereocenters. The van der Waals surface area contributed by atoms with Crippen LogP contribution in [0.25, 0.3) is 0 Å². The lowest BCUT2D eigenvalue weighted by Gasteiger charge is -2.25. The van der Waals surface area contributed by atoms with E-state index in [1.165, 1.54) is 32.1 Å². The van der Waals surface area contributed by atoms with Gasteiger partial charge in [-0.15, -0.1) is 0 Å². The molecule has 2 fully saturated rings. The van der Waals surface area contributed by atoms with Crippen LogP contribution in [0, 0.1) is 5.92 Å². The predicted octanol–water partition coefficient (Wildman–Crippen LogP) is 2.12. The molecule has 1 aliphatic carbocycles. The van der Waals surface area contributed by atoms with E-state index in [4.69, 9.17) is 0 Å². The molecule has 3 nitrogen and oxygen atoms in total. The molecule has 1 N–H and O–H groups in total. The third kappa shape index (κ3) is 4.59. The molecule has 17 heavy (non-hydrogen) atoms. The van der Waals surface area contributed by atoms with E-state index < -0.39 is 9.84 Å². The largest absolute Gasteiger partial charge is 0.313 e. The normalized spacial score (nSPS) is 28.1. The monoisotopic (exact) mass is 259 g/mol. The van der Waals surface area contributed by atoms with Gasteiger partial charge in [0.25, 0.3) is 0 Å². The summed E-state index contributed by atoms with van der Waals surface area (Å²) >= 11 is 0. The summed E-state index contributed by atoms with van der Waals surface area (Å²) in [7, 11) is -2.84. The molecule has 1 saturated carbocycles. The first-order valence-corrected chi connectivity index (χ1v) is 8.92. The Morgan fingerprint density at radius 2 is 1.59 bits per heavy atom. The van der Waals surface area contributed by atoms with Gasteiger partial charge >= 0.3 is 0 Å². The first-order chi connectivity index (χ1) is 8.16. The summed E-state index contributed by atoms with van der Waals surface area (Å²) in [5.74, 6) is 1.24. The standard InChI is InChI=1S/C13H25NO2S/c15-17(16,10-12-6-2-1-3-7-12)11-13-8-4-5-9-14-13/h12-14H,1-11H2. The Kier molecular flexibility index (Phi) is 4.86. The summed E-state index contributed by atoms with van der Waals surface area (Å²) < 4.78 is 24.3. The van der Waals surface area contributed by atoms with Gasteiger partial charge in [-0.3, -0.25) is 0 Å². The number of nitrogens with one attached hydrogen (secondary N) is 1. The van der Waals surface area contributed by atoms with Crippen LogP contribution in [0.4, 0.5) is 0 Å². The number of sulfone groups is 1. The number of hydrogen-bond donors (Lipinski definition) is 1. The minimum Gasteiger partial charge on any atom is -0.313 e. The van der Waals surface area contributed by atoms with Crippen molar-refractivity contribution in [1.82, 2.24) is 5.32 Å². The topological polar surface area (TPSA) is 46.2 Å². The fraction of sp³-hybridized carbons (Fsp3) is 1.00. The molecule has 1 unspecified atom stereocenters. The quantitative estimate of drug-likeness (QED) is 0.841. The second kappa shape index (κ2) is 6.19. The van der Waals surface area contributed by atoms with Crippen LogP contribution in [0.15, 0.2) is 0 Å². The van der Waals surface area contributed by atoms with Crippen LogP contribution < -0.4 is 5.32 Å².